The van der Waals surface area contributed by atoms with Crippen LogP contribution in [0.25, 0.3) is 10.8 Å². The van der Waals surface area contributed by atoms with E-state index in [4.69, 9.17) is 9.47 Å². The minimum atomic E-state index is -4.48. The van der Waals surface area contributed by atoms with Gasteiger partial charge in [-0.05, 0) is 82.4 Å². The Hall–Kier alpha value is -4.81. The standard InChI is InChI=1S/C43H57F3N6O9S/c1-7-26-20-25(2)10-8-9-11-27-22-43(27,38(55)49-62(58,59)42(24-44)15-16-42)48-35(53)32-21-28(23-51(32)37(54)33(26)52(39(56)57)40(3,4)41(5,45)46)61-36-30-12-13-31-34(29(30)14-17-47-36)60-19-18-50(31)6/h9,11-14,17,25-28,32-33H,7-8,10,15-16,18-24H2,1-6H3,(H,48,53)(H,49,55)(H,56,57)/t25-,26+,27+,28+,32-,33-,43+/m0/s1. The zero-order chi connectivity index (χ0) is 45.2. The van der Waals surface area contributed by atoms with Crippen molar-refractivity contribution in [3.8, 4) is 11.6 Å². The second-order valence-corrected chi connectivity index (χ2v) is 20.5. The van der Waals surface area contributed by atoms with Crippen LogP contribution in [0.5, 0.6) is 11.6 Å². The summed E-state index contributed by atoms with van der Waals surface area (Å²) in [6.45, 7) is 6.05. The van der Waals surface area contributed by atoms with Gasteiger partial charge < -0.3 is 29.7 Å². The first-order valence-electron chi connectivity index (χ1n) is 21.4. The molecule has 1 aromatic heterocycles. The summed E-state index contributed by atoms with van der Waals surface area (Å²) in [7, 11) is -2.54. The lowest BCUT2D eigenvalue weighted by Gasteiger charge is -2.47. The number of hydrogen-bond acceptors (Lipinski definition) is 10. The Morgan fingerprint density at radius 1 is 1.15 bits per heavy atom. The van der Waals surface area contributed by atoms with Crippen LogP contribution in [0.3, 0.4) is 0 Å². The van der Waals surface area contributed by atoms with Gasteiger partial charge in [0, 0.05) is 43.3 Å². The second kappa shape index (κ2) is 16.4. The van der Waals surface area contributed by atoms with Crippen LogP contribution in [0, 0.1) is 17.8 Å². The lowest BCUT2D eigenvalue weighted by Crippen LogP contribution is -2.67. The zero-order valence-electron chi connectivity index (χ0n) is 36.0. The lowest BCUT2D eigenvalue weighted by atomic mass is 9.81. The average Bonchev–Trinajstić information content (AvgIpc) is 4.11. The molecular weight excluding hydrogens is 834 g/mol. The number of pyridine rings is 1. The summed E-state index contributed by atoms with van der Waals surface area (Å²) in [5, 5.41) is 14.8. The largest absolute Gasteiger partial charge is 0.489 e. The van der Waals surface area contributed by atoms with Gasteiger partial charge in [0.1, 0.15) is 47.3 Å². The van der Waals surface area contributed by atoms with Crippen molar-refractivity contribution in [2.75, 3.05) is 38.3 Å². The minimum absolute atomic E-state index is 0.00394. The second-order valence-electron chi connectivity index (χ2n) is 18.5. The van der Waals surface area contributed by atoms with E-state index in [1.54, 1.807) is 19.1 Å². The number of carbonyl (C=O) groups is 4. The van der Waals surface area contributed by atoms with Crippen LogP contribution in [0.2, 0.25) is 0 Å². The molecule has 1 aromatic carbocycles. The molecule has 0 bridgehead atoms. The molecule has 3 N–H and O–H groups in total. The van der Waals surface area contributed by atoms with Gasteiger partial charge in [-0.3, -0.25) is 24.0 Å². The topological polar surface area (TPSA) is 188 Å². The van der Waals surface area contributed by atoms with Crippen LogP contribution < -0.4 is 24.4 Å². The van der Waals surface area contributed by atoms with Crippen molar-refractivity contribution >= 4 is 50.3 Å². The molecule has 3 aliphatic heterocycles. The van der Waals surface area contributed by atoms with E-state index < -0.39 is 92.3 Å². The molecule has 0 spiro atoms. The molecule has 4 amide bonds. The Morgan fingerprint density at radius 2 is 1.87 bits per heavy atom. The number of ether oxygens (including phenoxy) is 2. The van der Waals surface area contributed by atoms with E-state index in [9.17, 15) is 32.3 Å². The summed E-state index contributed by atoms with van der Waals surface area (Å²) in [6.07, 6.45) is 3.79. The highest BCUT2D eigenvalue weighted by Crippen LogP contribution is 2.49. The molecule has 3 fully saturated rings. The Balaban J connectivity index is 1.30. The molecular formula is C43H57F3N6O9S. The summed E-state index contributed by atoms with van der Waals surface area (Å²) in [5.74, 6) is -7.20. The number of hydrogen-bond donors (Lipinski definition) is 3. The Kier molecular flexibility index (Phi) is 12.0. The number of amides is 4. The quantitative estimate of drug-likeness (QED) is 0.259. The molecule has 4 heterocycles. The summed E-state index contributed by atoms with van der Waals surface area (Å²) >= 11 is 0. The monoisotopic (exact) mass is 890 g/mol. The number of benzene rings is 1. The van der Waals surface area contributed by atoms with Crippen LogP contribution in [0.4, 0.5) is 23.7 Å². The molecule has 2 saturated carbocycles. The van der Waals surface area contributed by atoms with E-state index in [2.05, 4.69) is 15.2 Å². The molecule has 2 aliphatic carbocycles. The van der Waals surface area contributed by atoms with E-state index in [0.717, 1.165) is 24.4 Å². The first-order valence-corrected chi connectivity index (χ1v) is 22.8. The molecule has 0 unspecified atom stereocenters. The van der Waals surface area contributed by atoms with Crippen LogP contribution in [0.1, 0.15) is 86.0 Å². The smallest absolute Gasteiger partial charge is 0.408 e. The van der Waals surface area contributed by atoms with E-state index in [1.807, 2.05) is 36.9 Å². The first kappa shape index (κ1) is 45.2. The van der Waals surface area contributed by atoms with Gasteiger partial charge in [-0.15, -0.1) is 0 Å². The molecule has 15 nitrogen and oxygen atoms in total. The molecule has 7 rings (SSSR count). The van der Waals surface area contributed by atoms with Crippen LogP contribution in [0.15, 0.2) is 36.5 Å². The SMILES string of the molecule is CC[C@@H]1C[C@@H](C)CCC=C[C@@H]2C[C@@]2(C(=O)NS(=O)(=O)C2(CF)CC2)NC(=O)[C@@H]2C[C@@H](Oc3nccc4c5c(ccc34)N(C)CCO5)CN2C(=O)[C@H]1N(C(=O)O)C(C)(C)C(C)(F)F. The van der Waals surface area contributed by atoms with Crippen molar-refractivity contribution in [3.05, 3.63) is 36.5 Å². The van der Waals surface area contributed by atoms with Gasteiger partial charge in [-0.1, -0.05) is 32.4 Å². The summed E-state index contributed by atoms with van der Waals surface area (Å²) in [5.41, 5.74) is -3.33. The van der Waals surface area contributed by atoms with Gasteiger partial charge in [-0.25, -0.2) is 31.4 Å². The van der Waals surface area contributed by atoms with Crippen LogP contribution in [-0.4, -0.2) is 125 Å². The molecule has 5 aliphatic rings. The Bertz CT molecular complexity index is 2250. The predicted molar refractivity (Wildman–Crippen MR) is 223 cm³/mol. The normalized spacial score (nSPS) is 28.9. The number of aromatic nitrogens is 1. The number of carbonyl (C=O) groups excluding carboxylic acids is 3. The fourth-order valence-electron chi connectivity index (χ4n) is 9.30. The van der Waals surface area contributed by atoms with E-state index in [0.29, 0.717) is 54.3 Å². The zero-order valence-corrected chi connectivity index (χ0v) is 36.8. The number of sulfonamides is 1. The summed E-state index contributed by atoms with van der Waals surface area (Å²) < 4.78 is 84.4. The molecule has 19 heteroatoms. The highest BCUT2D eigenvalue weighted by Gasteiger charge is 2.64. The third-order valence-corrected chi connectivity index (χ3v) is 16.1. The van der Waals surface area contributed by atoms with Gasteiger partial charge >= 0.3 is 6.09 Å². The van der Waals surface area contributed by atoms with Crippen molar-refractivity contribution in [1.29, 1.82) is 0 Å². The van der Waals surface area contributed by atoms with Crippen molar-refractivity contribution < 1.29 is 55.3 Å². The van der Waals surface area contributed by atoms with Gasteiger partial charge in [-0.2, -0.15) is 0 Å². The number of likely N-dealkylation sites (N-methyl/N-ethyl adjacent to an activating group) is 1. The number of rotatable bonds is 10. The third-order valence-electron chi connectivity index (χ3n) is 13.9. The van der Waals surface area contributed by atoms with E-state index in [1.165, 1.54) is 6.20 Å². The maximum Gasteiger partial charge on any atom is 0.408 e. The fourth-order valence-corrected chi connectivity index (χ4v) is 10.7. The Labute approximate surface area is 359 Å². The predicted octanol–water partition coefficient (Wildman–Crippen LogP) is 5.42. The van der Waals surface area contributed by atoms with Gasteiger partial charge in [0.2, 0.25) is 27.7 Å². The van der Waals surface area contributed by atoms with Gasteiger partial charge in [0.25, 0.3) is 11.8 Å². The molecule has 7 atom stereocenters. The highest BCUT2D eigenvalue weighted by molar-refractivity contribution is 7.91. The van der Waals surface area contributed by atoms with Crippen molar-refractivity contribution in [2.24, 2.45) is 17.8 Å². The number of carboxylic acid groups (broad SMARTS) is 1. The maximum atomic E-state index is 15.5. The number of nitrogens with one attached hydrogen (secondary N) is 2. The molecule has 340 valence electrons. The van der Waals surface area contributed by atoms with E-state index in [-0.39, 0.29) is 56.9 Å². The first-order chi connectivity index (χ1) is 29.1. The molecule has 2 aromatic rings. The van der Waals surface area contributed by atoms with Gasteiger partial charge in [0.15, 0.2) is 5.75 Å². The number of halogens is 3. The summed E-state index contributed by atoms with van der Waals surface area (Å²) in [6, 6.07) is 2.34. The average molecular weight is 891 g/mol. The molecule has 62 heavy (non-hydrogen) atoms. The number of fused-ring (bicyclic) bond motifs is 5. The van der Waals surface area contributed by atoms with Crippen molar-refractivity contribution in [2.45, 2.75) is 126 Å². The minimum Gasteiger partial charge on any atom is -0.489 e. The van der Waals surface area contributed by atoms with Crippen LogP contribution >= 0.6 is 0 Å². The van der Waals surface area contributed by atoms with Crippen LogP contribution in [-0.2, 0) is 24.4 Å². The highest BCUT2D eigenvalue weighted by atomic mass is 32.2. The lowest BCUT2D eigenvalue weighted by molar-refractivity contribution is -0.157. The summed E-state index contributed by atoms with van der Waals surface area (Å²) in [4.78, 5) is 65.6. The number of anilines is 1. The number of allylic oxidation sites excluding steroid dienone is 1. The molecule has 1 saturated heterocycles. The fraction of sp³-hybridized carbons (Fsp3) is 0.651. The molecule has 0 radical (unpaired) electrons. The van der Waals surface area contributed by atoms with Crippen molar-refractivity contribution in [1.82, 2.24) is 24.8 Å². The number of alkyl halides is 3. The Morgan fingerprint density at radius 3 is 2.52 bits per heavy atom. The van der Waals surface area contributed by atoms with E-state index >= 15 is 13.6 Å². The van der Waals surface area contributed by atoms with Gasteiger partial charge in [0.05, 0.1) is 18.8 Å². The maximum absolute atomic E-state index is 15.5. The van der Waals surface area contributed by atoms with Crippen molar-refractivity contribution in [3.63, 3.8) is 0 Å². The number of nitrogens with zero attached hydrogens (tertiary/aromatic N) is 4. The third kappa shape index (κ3) is 8.02.